The van der Waals surface area contributed by atoms with E-state index in [9.17, 15) is 4.79 Å². The molecule has 4 heteroatoms. The number of amides is 1. The maximum Gasteiger partial charge on any atom is 0.233 e. The van der Waals surface area contributed by atoms with Gasteiger partial charge in [-0.05, 0) is 49.1 Å². The topological polar surface area (TPSA) is 29.1 Å². The van der Waals surface area contributed by atoms with Gasteiger partial charge in [0.15, 0.2) is 0 Å². The Morgan fingerprint density at radius 1 is 1.04 bits per heavy atom. The van der Waals surface area contributed by atoms with Crippen LogP contribution in [0.2, 0.25) is 5.02 Å². The number of hydrogen-bond donors (Lipinski definition) is 1. The molecule has 0 saturated carbocycles. The molecule has 0 heterocycles. The highest BCUT2D eigenvalue weighted by Gasteiger charge is 2.20. The molecule has 0 aliphatic heterocycles. The second kappa shape index (κ2) is 9.14. The normalized spacial score (nSPS) is 13.5. The summed E-state index contributed by atoms with van der Waals surface area (Å²) >= 11 is 7.45. The zero-order valence-electron chi connectivity index (χ0n) is 14.3. The van der Waals surface area contributed by atoms with Gasteiger partial charge in [-0.15, -0.1) is 11.8 Å². The summed E-state index contributed by atoms with van der Waals surface area (Å²) in [6, 6.07) is 17.8. The van der Waals surface area contributed by atoms with Crippen LogP contribution in [0.3, 0.4) is 0 Å². The molecule has 0 saturated heterocycles. The molecular weight excluding hydrogens is 338 g/mol. The lowest BCUT2D eigenvalue weighted by Gasteiger charge is -2.23. The fourth-order valence-corrected chi connectivity index (χ4v) is 3.50. The van der Waals surface area contributed by atoms with Crippen molar-refractivity contribution in [3.63, 3.8) is 0 Å². The van der Waals surface area contributed by atoms with Crippen molar-refractivity contribution in [1.82, 2.24) is 5.32 Å². The van der Waals surface area contributed by atoms with Crippen molar-refractivity contribution < 1.29 is 4.79 Å². The van der Waals surface area contributed by atoms with E-state index in [1.807, 2.05) is 49.4 Å². The SMILES string of the molecule is CC(C)C[C@H](NC(=O)[C@H](C)Sc1ccc(Cl)cc1)c1ccccc1. The van der Waals surface area contributed by atoms with Crippen LogP contribution in [-0.2, 0) is 4.79 Å². The lowest BCUT2D eigenvalue weighted by Crippen LogP contribution is -2.35. The number of benzene rings is 2. The van der Waals surface area contributed by atoms with Gasteiger partial charge in [0.25, 0.3) is 0 Å². The van der Waals surface area contributed by atoms with Crippen molar-refractivity contribution in [2.75, 3.05) is 0 Å². The van der Waals surface area contributed by atoms with E-state index < -0.39 is 0 Å². The van der Waals surface area contributed by atoms with E-state index in [1.54, 1.807) is 11.8 Å². The molecule has 2 atom stereocenters. The first-order valence-corrected chi connectivity index (χ1v) is 9.49. The van der Waals surface area contributed by atoms with E-state index in [0.717, 1.165) is 16.9 Å². The number of nitrogens with one attached hydrogen (secondary N) is 1. The number of hydrogen-bond acceptors (Lipinski definition) is 2. The molecule has 0 aliphatic carbocycles. The highest BCUT2D eigenvalue weighted by Crippen LogP contribution is 2.26. The van der Waals surface area contributed by atoms with Gasteiger partial charge in [0.2, 0.25) is 5.91 Å². The number of rotatable bonds is 7. The monoisotopic (exact) mass is 361 g/mol. The Balaban J connectivity index is 2.02. The Morgan fingerprint density at radius 3 is 2.25 bits per heavy atom. The molecule has 0 bridgehead atoms. The fourth-order valence-electron chi connectivity index (χ4n) is 2.49. The molecule has 0 aliphatic rings. The fraction of sp³-hybridized carbons (Fsp3) is 0.350. The summed E-state index contributed by atoms with van der Waals surface area (Å²) in [5.74, 6) is 0.569. The van der Waals surface area contributed by atoms with Crippen LogP contribution < -0.4 is 5.32 Å². The first-order valence-electron chi connectivity index (χ1n) is 8.23. The lowest BCUT2D eigenvalue weighted by atomic mass is 9.97. The molecule has 2 nitrogen and oxygen atoms in total. The molecule has 24 heavy (non-hydrogen) atoms. The first-order chi connectivity index (χ1) is 11.5. The predicted octanol–water partition coefficient (Wildman–Crippen LogP) is 5.72. The minimum absolute atomic E-state index is 0.0481. The molecule has 0 fully saturated rings. The number of carbonyl (C=O) groups is 1. The van der Waals surface area contributed by atoms with Gasteiger partial charge in [-0.1, -0.05) is 55.8 Å². The maximum atomic E-state index is 12.6. The molecule has 2 rings (SSSR count). The summed E-state index contributed by atoms with van der Waals surface area (Å²) in [5, 5.41) is 3.75. The zero-order valence-corrected chi connectivity index (χ0v) is 15.9. The molecule has 0 unspecified atom stereocenters. The molecule has 128 valence electrons. The summed E-state index contributed by atoms with van der Waals surface area (Å²) in [6.45, 7) is 6.29. The van der Waals surface area contributed by atoms with Crippen molar-refractivity contribution in [3.05, 3.63) is 65.2 Å². The molecule has 2 aromatic rings. The van der Waals surface area contributed by atoms with Gasteiger partial charge in [-0.3, -0.25) is 4.79 Å². The highest BCUT2D eigenvalue weighted by atomic mass is 35.5. The third-order valence-electron chi connectivity index (χ3n) is 3.72. The van der Waals surface area contributed by atoms with E-state index in [4.69, 9.17) is 11.6 Å². The molecule has 1 N–H and O–H groups in total. The van der Waals surface area contributed by atoms with Crippen molar-refractivity contribution in [2.45, 2.75) is 43.4 Å². The molecule has 0 spiro atoms. The highest BCUT2D eigenvalue weighted by molar-refractivity contribution is 8.00. The quantitative estimate of drug-likeness (QED) is 0.638. The Bertz CT molecular complexity index is 642. The van der Waals surface area contributed by atoms with Crippen LogP contribution in [0.15, 0.2) is 59.5 Å². The summed E-state index contributed by atoms with van der Waals surface area (Å²) in [5.41, 5.74) is 1.16. The third-order valence-corrected chi connectivity index (χ3v) is 5.09. The van der Waals surface area contributed by atoms with Gasteiger partial charge in [-0.2, -0.15) is 0 Å². The third kappa shape index (κ3) is 5.88. The van der Waals surface area contributed by atoms with Crippen LogP contribution in [0.1, 0.15) is 38.8 Å². The van der Waals surface area contributed by atoms with Crippen LogP contribution in [-0.4, -0.2) is 11.2 Å². The van der Waals surface area contributed by atoms with E-state index >= 15 is 0 Å². The van der Waals surface area contributed by atoms with Crippen LogP contribution in [0.5, 0.6) is 0 Å². The van der Waals surface area contributed by atoms with E-state index in [0.29, 0.717) is 10.9 Å². The molecule has 2 aromatic carbocycles. The van der Waals surface area contributed by atoms with Gasteiger partial charge in [0, 0.05) is 9.92 Å². The van der Waals surface area contributed by atoms with E-state index in [-0.39, 0.29) is 17.2 Å². The average molecular weight is 362 g/mol. The molecule has 0 aromatic heterocycles. The Morgan fingerprint density at radius 2 is 1.67 bits per heavy atom. The maximum absolute atomic E-state index is 12.6. The predicted molar refractivity (Wildman–Crippen MR) is 104 cm³/mol. The van der Waals surface area contributed by atoms with Gasteiger partial charge < -0.3 is 5.32 Å². The molecular formula is C20H24ClNOS. The van der Waals surface area contributed by atoms with E-state index in [1.165, 1.54) is 0 Å². The van der Waals surface area contributed by atoms with Gasteiger partial charge in [0.1, 0.15) is 0 Å². The first kappa shape index (κ1) is 18.9. The minimum atomic E-state index is -0.162. The van der Waals surface area contributed by atoms with Gasteiger partial charge in [-0.25, -0.2) is 0 Å². The van der Waals surface area contributed by atoms with Crippen LogP contribution >= 0.6 is 23.4 Å². The van der Waals surface area contributed by atoms with Crippen molar-refractivity contribution in [1.29, 1.82) is 0 Å². The summed E-state index contributed by atoms with van der Waals surface area (Å²) in [6.07, 6.45) is 0.925. The van der Waals surface area contributed by atoms with Crippen LogP contribution in [0.4, 0.5) is 0 Å². The molecule has 0 radical (unpaired) electrons. The molecule has 1 amide bonds. The van der Waals surface area contributed by atoms with Crippen molar-refractivity contribution in [2.24, 2.45) is 5.92 Å². The van der Waals surface area contributed by atoms with Gasteiger partial charge in [0.05, 0.1) is 11.3 Å². The number of thioether (sulfide) groups is 1. The lowest BCUT2D eigenvalue weighted by molar-refractivity contribution is -0.121. The van der Waals surface area contributed by atoms with Crippen molar-refractivity contribution in [3.8, 4) is 0 Å². The van der Waals surface area contributed by atoms with Crippen LogP contribution in [0.25, 0.3) is 0 Å². The van der Waals surface area contributed by atoms with E-state index in [2.05, 4.69) is 31.3 Å². The minimum Gasteiger partial charge on any atom is -0.348 e. The number of carbonyl (C=O) groups excluding carboxylic acids is 1. The second-order valence-electron chi connectivity index (χ2n) is 6.32. The Labute approximate surface area is 154 Å². The Kier molecular flexibility index (Phi) is 7.19. The summed E-state index contributed by atoms with van der Waals surface area (Å²) in [7, 11) is 0. The summed E-state index contributed by atoms with van der Waals surface area (Å²) < 4.78 is 0. The van der Waals surface area contributed by atoms with Crippen molar-refractivity contribution >= 4 is 29.3 Å². The Hall–Kier alpha value is -1.45. The second-order valence-corrected chi connectivity index (χ2v) is 8.17. The summed E-state index contributed by atoms with van der Waals surface area (Å²) in [4.78, 5) is 13.7. The van der Waals surface area contributed by atoms with Crippen LogP contribution in [0, 0.1) is 5.92 Å². The van der Waals surface area contributed by atoms with Gasteiger partial charge >= 0.3 is 0 Å². The average Bonchev–Trinajstić information content (AvgIpc) is 2.56. The number of halogens is 1. The standard InChI is InChI=1S/C20H24ClNOS/c1-14(2)13-19(16-7-5-4-6-8-16)22-20(23)15(3)24-18-11-9-17(21)10-12-18/h4-12,14-15,19H,13H2,1-3H3,(H,22,23)/t15-,19-/m0/s1. The largest absolute Gasteiger partial charge is 0.348 e. The zero-order chi connectivity index (χ0) is 17.5. The smallest absolute Gasteiger partial charge is 0.233 e.